The third kappa shape index (κ3) is 8.47. The third-order valence-electron chi connectivity index (χ3n) is 5.74. The topological polar surface area (TPSA) is 94.5 Å². The molecule has 42 heavy (non-hydrogen) atoms. The second-order valence-electron chi connectivity index (χ2n) is 8.82. The monoisotopic (exact) mass is 619 g/mol. The molecule has 0 aromatic heterocycles. The molecule has 1 unspecified atom stereocenters. The molecule has 1 heterocycles. The van der Waals surface area contributed by atoms with E-state index >= 15 is 0 Å². The highest BCUT2D eigenvalue weighted by Gasteiger charge is 2.33. The highest BCUT2D eigenvalue weighted by Crippen LogP contribution is 2.37. The summed E-state index contributed by atoms with van der Waals surface area (Å²) in [5, 5.41) is 9.09. The van der Waals surface area contributed by atoms with E-state index < -0.39 is 30.9 Å². The normalized spacial score (nSPS) is 15.1. The molecule has 1 fully saturated rings. The van der Waals surface area contributed by atoms with E-state index in [0.717, 1.165) is 22.2 Å². The van der Waals surface area contributed by atoms with Gasteiger partial charge in [0.15, 0.2) is 11.5 Å². The number of alkyl halides is 3. The maximum Gasteiger partial charge on any atom is 0.573 e. The number of rotatable bonds is 12. The van der Waals surface area contributed by atoms with Crippen LogP contribution in [0.15, 0.2) is 77.7 Å². The highest BCUT2D eigenvalue weighted by atomic mass is 32.2. The van der Waals surface area contributed by atoms with Gasteiger partial charge in [-0.2, -0.15) is 0 Å². The molecule has 1 amide bonds. The quantitative estimate of drug-likeness (QED) is 0.187. The second-order valence-corrected chi connectivity index (χ2v) is 10.5. The van der Waals surface area contributed by atoms with Gasteiger partial charge in [-0.25, -0.2) is 0 Å². The number of carbonyl (C=O) groups is 2. The van der Waals surface area contributed by atoms with Gasteiger partial charge in [0.05, 0.1) is 11.5 Å². The van der Waals surface area contributed by atoms with E-state index in [-0.39, 0.29) is 28.2 Å². The number of hydrogen-bond donors (Lipinski definition) is 1. The Morgan fingerprint density at radius 1 is 1.07 bits per heavy atom. The van der Waals surface area contributed by atoms with Crippen LogP contribution in [0.4, 0.5) is 13.2 Å². The van der Waals surface area contributed by atoms with Crippen LogP contribution in [-0.2, 0) is 20.9 Å². The summed E-state index contributed by atoms with van der Waals surface area (Å²) < 4.78 is 59.2. The van der Waals surface area contributed by atoms with E-state index in [4.69, 9.17) is 31.5 Å². The van der Waals surface area contributed by atoms with Crippen molar-refractivity contribution < 1.29 is 46.8 Å². The molecule has 1 saturated heterocycles. The van der Waals surface area contributed by atoms with Gasteiger partial charge in [0.25, 0.3) is 5.91 Å². The molecule has 1 N–H and O–H groups in total. The van der Waals surface area contributed by atoms with E-state index in [1.54, 1.807) is 31.4 Å². The Balaban J connectivity index is 1.61. The van der Waals surface area contributed by atoms with Crippen LogP contribution in [0.2, 0.25) is 0 Å². The van der Waals surface area contributed by atoms with Crippen LogP contribution in [-0.4, -0.2) is 52.8 Å². The molecule has 3 aromatic carbocycles. The number of halogens is 3. The molecule has 1 atom stereocenters. The zero-order chi connectivity index (χ0) is 30.3. The largest absolute Gasteiger partial charge is 0.573 e. The Labute approximate surface area is 248 Å². The summed E-state index contributed by atoms with van der Waals surface area (Å²) in [5.41, 5.74) is 1.98. The number of nitrogens with zero attached hydrogens (tertiary/aromatic N) is 1. The van der Waals surface area contributed by atoms with Crippen LogP contribution in [0.5, 0.6) is 17.2 Å². The number of carboxylic acids is 1. The average molecular weight is 620 g/mol. The third-order valence-corrected chi connectivity index (χ3v) is 7.12. The van der Waals surface area contributed by atoms with Crippen molar-refractivity contribution in [3.8, 4) is 17.2 Å². The number of methoxy groups -OCH3 is 1. The Morgan fingerprint density at radius 3 is 2.43 bits per heavy atom. The van der Waals surface area contributed by atoms with Gasteiger partial charge in [-0.05, 0) is 47.0 Å². The van der Waals surface area contributed by atoms with Crippen molar-refractivity contribution in [3.05, 3.63) is 94.4 Å². The number of thiocarbonyl (C=S) groups is 1. The summed E-state index contributed by atoms with van der Waals surface area (Å²) in [6, 6.07) is 19.6. The summed E-state index contributed by atoms with van der Waals surface area (Å²) in [7, 11) is 1.54. The van der Waals surface area contributed by atoms with Crippen molar-refractivity contribution in [1.82, 2.24) is 4.90 Å². The Kier molecular flexibility index (Phi) is 10.1. The van der Waals surface area contributed by atoms with Crippen LogP contribution in [0, 0.1) is 0 Å². The Bertz CT molecular complexity index is 1460. The summed E-state index contributed by atoms with van der Waals surface area (Å²) in [6.07, 6.45) is -3.74. The van der Waals surface area contributed by atoms with Gasteiger partial charge in [0.1, 0.15) is 29.3 Å². The smallest absolute Gasteiger partial charge is 0.485 e. The molecule has 4 rings (SSSR count). The number of ether oxygens (including phenoxy) is 4. The first-order valence-electron chi connectivity index (χ1n) is 12.3. The van der Waals surface area contributed by atoms with E-state index in [1.807, 2.05) is 30.3 Å². The van der Waals surface area contributed by atoms with Crippen LogP contribution >= 0.6 is 24.0 Å². The lowest BCUT2D eigenvalue weighted by atomic mass is 10.1. The van der Waals surface area contributed by atoms with Crippen molar-refractivity contribution in [2.45, 2.75) is 19.1 Å². The standard InChI is InChI=1S/C29H24F3NO7S2/c1-37-17-24(20-5-3-2-4-6-20)39-23-13-19(14-25-27(36)33(15-26(34)35)28(41)42-25)9-12-22(23)38-16-18-7-10-21(11-8-18)40-29(30,31)32/h2-14,24H,15-17H2,1H3,(H,34,35). The summed E-state index contributed by atoms with van der Waals surface area (Å²) in [5.74, 6) is -1.41. The number of benzene rings is 3. The van der Waals surface area contributed by atoms with Crippen molar-refractivity contribution >= 4 is 46.3 Å². The lowest BCUT2D eigenvalue weighted by Gasteiger charge is -2.21. The van der Waals surface area contributed by atoms with Crippen molar-refractivity contribution in [2.24, 2.45) is 0 Å². The van der Waals surface area contributed by atoms with Crippen molar-refractivity contribution in [3.63, 3.8) is 0 Å². The molecule has 8 nitrogen and oxygen atoms in total. The molecule has 0 aliphatic carbocycles. The molecule has 0 bridgehead atoms. The molecule has 0 spiro atoms. The van der Waals surface area contributed by atoms with Crippen molar-refractivity contribution in [1.29, 1.82) is 0 Å². The fourth-order valence-electron chi connectivity index (χ4n) is 3.87. The number of aliphatic carboxylic acids is 1. The van der Waals surface area contributed by atoms with Gasteiger partial charge in [0, 0.05) is 7.11 Å². The number of amides is 1. The fourth-order valence-corrected chi connectivity index (χ4v) is 5.12. The predicted molar refractivity (Wildman–Crippen MR) is 153 cm³/mol. The zero-order valence-electron chi connectivity index (χ0n) is 22.0. The lowest BCUT2D eigenvalue weighted by molar-refractivity contribution is -0.274. The molecular weight excluding hydrogens is 595 g/mol. The molecular formula is C29H24F3NO7S2. The number of carbonyl (C=O) groups excluding carboxylic acids is 1. The SMILES string of the molecule is COCC(Oc1cc(C=C2SC(=S)N(CC(=O)O)C2=O)ccc1OCc1ccc(OC(F)(F)F)cc1)c1ccccc1. The maximum absolute atomic E-state index is 12.8. The average Bonchev–Trinajstić information content (AvgIpc) is 3.19. The van der Waals surface area contributed by atoms with Gasteiger partial charge in [-0.15, -0.1) is 13.2 Å². The summed E-state index contributed by atoms with van der Waals surface area (Å²) in [4.78, 5) is 25.1. The predicted octanol–water partition coefficient (Wildman–Crippen LogP) is 6.22. The Hall–Kier alpha value is -4.07. The molecule has 3 aromatic rings. The first-order valence-corrected chi connectivity index (χ1v) is 13.5. The van der Waals surface area contributed by atoms with E-state index in [0.29, 0.717) is 22.6 Å². The number of thioether (sulfide) groups is 1. The molecule has 1 aliphatic rings. The van der Waals surface area contributed by atoms with E-state index in [1.165, 1.54) is 24.3 Å². The molecule has 1 aliphatic heterocycles. The summed E-state index contributed by atoms with van der Waals surface area (Å²) in [6.45, 7) is -0.319. The van der Waals surface area contributed by atoms with Gasteiger partial charge < -0.3 is 24.1 Å². The molecule has 13 heteroatoms. The Morgan fingerprint density at radius 2 is 1.79 bits per heavy atom. The minimum Gasteiger partial charge on any atom is -0.485 e. The fraction of sp³-hybridized carbons (Fsp3) is 0.207. The highest BCUT2D eigenvalue weighted by molar-refractivity contribution is 8.26. The molecule has 0 radical (unpaired) electrons. The van der Waals surface area contributed by atoms with Gasteiger partial charge in [0.2, 0.25) is 0 Å². The van der Waals surface area contributed by atoms with Crippen LogP contribution < -0.4 is 14.2 Å². The first kappa shape index (κ1) is 30.9. The zero-order valence-corrected chi connectivity index (χ0v) is 23.6. The van der Waals surface area contributed by atoms with Crippen LogP contribution in [0.1, 0.15) is 22.8 Å². The molecule has 220 valence electrons. The lowest BCUT2D eigenvalue weighted by Crippen LogP contribution is -2.33. The van der Waals surface area contributed by atoms with Gasteiger partial charge in [-0.3, -0.25) is 14.5 Å². The number of carboxylic acid groups (broad SMARTS) is 1. The van der Waals surface area contributed by atoms with Crippen LogP contribution in [0.3, 0.4) is 0 Å². The minimum absolute atomic E-state index is 0.0101. The van der Waals surface area contributed by atoms with Gasteiger partial charge >= 0.3 is 12.3 Å². The number of hydrogen-bond acceptors (Lipinski definition) is 8. The maximum atomic E-state index is 12.8. The van der Waals surface area contributed by atoms with Crippen LogP contribution in [0.25, 0.3) is 6.08 Å². The van der Waals surface area contributed by atoms with Crippen molar-refractivity contribution in [2.75, 3.05) is 20.3 Å². The molecule has 0 saturated carbocycles. The van der Waals surface area contributed by atoms with E-state index in [2.05, 4.69) is 4.74 Å². The van der Waals surface area contributed by atoms with Gasteiger partial charge in [-0.1, -0.05) is 72.5 Å². The summed E-state index contributed by atoms with van der Waals surface area (Å²) >= 11 is 6.17. The van der Waals surface area contributed by atoms with E-state index in [9.17, 15) is 22.8 Å². The second kappa shape index (κ2) is 13.7. The first-order chi connectivity index (χ1) is 20.0. The minimum atomic E-state index is -4.79.